The number of urea groups is 1. The Balaban J connectivity index is 1.63. The number of rotatable bonds is 13. The number of carbonyl (C=O) groups is 2. The van der Waals surface area contributed by atoms with E-state index >= 15 is 0 Å². The van der Waals surface area contributed by atoms with Crippen molar-refractivity contribution in [2.75, 3.05) is 19.7 Å². The van der Waals surface area contributed by atoms with Crippen LogP contribution in [0.1, 0.15) is 44.9 Å². The topological polar surface area (TPSA) is 99.1 Å². The highest BCUT2D eigenvalue weighted by atomic mass is 16.5. The third kappa shape index (κ3) is 7.86. The lowest BCUT2D eigenvalue weighted by molar-refractivity contribution is -0.137. The second kappa shape index (κ2) is 11.4. The highest BCUT2D eigenvalue weighted by molar-refractivity contribution is 5.76. The molecule has 0 bridgehead atoms. The second-order valence-corrected chi connectivity index (χ2v) is 6.95. The van der Waals surface area contributed by atoms with Crippen LogP contribution in [0.2, 0.25) is 0 Å². The molecule has 2 rings (SSSR count). The van der Waals surface area contributed by atoms with Crippen LogP contribution in [0, 0.1) is 0 Å². The van der Waals surface area contributed by atoms with Crippen molar-refractivity contribution in [3.8, 4) is 5.75 Å². The van der Waals surface area contributed by atoms with Crippen molar-refractivity contribution in [1.29, 1.82) is 0 Å². The summed E-state index contributed by atoms with van der Waals surface area (Å²) in [5.74, 6) is -0.0298. The van der Waals surface area contributed by atoms with E-state index in [1.807, 2.05) is 30.3 Å². The maximum atomic E-state index is 12.0. The van der Waals surface area contributed by atoms with Gasteiger partial charge in [0, 0.05) is 19.5 Å². The van der Waals surface area contributed by atoms with E-state index in [1.54, 1.807) is 4.90 Å². The number of hydrogen-bond acceptors (Lipinski definition) is 4. The number of carboxylic acids is 1. The number of hydrogen-bond donors (Lipinski definition) is 3. The van der Waals surface area contributed by atoms with Gasteiger partial charge in [-0.05, 0) is 31.4 Å². The molecule has 1 aliphatic rings. The van der Waals surface area contributed by atoms with Crippen LogP contribution in [-0.4, -0.2) is 59.0 Å². The zero-order chi connectivity index (χ0) is 19.5. The molecule has 0 saturated carbocycles. The molecule has 1 aromatic rings. The number of benzene rings is 1. The van der Waals surface area contributed by atoms with Gasteiger partial charge in [-0.1, -0.05) is 37.5 Å². The van der Waals surface area contributed by atoms with E-state index in [-0.39, 0.29) is 25.1 Å². The number of aliphatic hydroxyl groups excluding tert-OH is 1. The van der Waals surface area contributed by atoms with E-state index < -0.39 is 12.1 Å². The van der Waals surface area contributed by atoms with Crippen molar-refractivity contribution in [2.45, 2.75) is 57.1 Å². The number of carbonyl (C=O) groups excluding carboxylic acids is 1. The predicted molar refractivity (Wildman–Crippen MR) is 102 cm³/mol. The summed E-state index contributed by atoms with van der Waals surface area (Å²) in [6.07, 6.45) is 4.49. The summed E-state index contributed by atoms with van der Waals surface area (Å²) >= 11 is 0. The Hall–Kier alpha value is -2.28. The molecule has 27 heavy (non-hydrogen) atoms. The molecule has 1 fully saturated rings. The van der Waals surface area contributed by atoms with Gasteiger partial charge < -0.3 is 25.2 Å². The maximum Gasteiger partial charge on any atom is 0.317 e. The molecule has 0 spiro atoms. The molecule has 7 heteroatoms. The predicted octanol–water partition coefficient (Wildman–Crippen LogP) is 2.64. The van der Waals surface area contributed by atoms with E-state index in [9.17, 15) is 14.7 Å². The third-order valence-electron chi connectivity index (χ3n) is 4.76. The van der Waals surface area contributed by atoms with Crippen LogP contribution in [0.4, 0.5) is 4.79 Å². The Bertz CT molecular complexity index is 581. The zero-order valence-electron chi connectivity index (χ0n) is 15.7. The Morgan fingerprint density at radius 3 is 2.70 bits per heavy atom. The largest absolute Gasteiger partial charge is 0.491 e. The quantitative estimate of drug-likeness (QED) is 0.458. The average Bonchev–Trinajstić information content (AvgIpc) is 3.01. The van der Waals surface area contributed by atoms with Gasteiger partial charge in [-0.2, -0.15) is 0 Å². The van der Waals surface area contributed by atoms with Gasteiger partial charge >= 0.3 is 12.0 Å². The molecular weight excluding hydrogens is 348 g/mol. The van der Waals surface area contributed by atoms with Gasteiger partial charge in [-0.15, -0.1) is 0 Å². The Morgan fingerprint density at radius 1 is 1.22 bits per heavy atom. The number of carboxylic acid groups (broad SMARTS) is 1. The summed E-state index contributed by atoms with van der Waals surface area (Å²) in [6, 6.07) is 9.40. The molecule has 1 aliphatic heterocycles. The first-order chi connectivity index (χ1) is 13.1. The number of para-hydroxylation sites is 1. The molecule has 2 unspecified atom stereocenters. The summed E-state index contributed by atoms with van der Waals surface area (Å²) in [5, 5.41) is 21.6. The van der Waals surface area contributed by atoms with Crippen molar-refractivity contribution < 1.29 is 24.5 Å². The minimum atomic E-state index is -0.749. The first-order valence-corrected chi connectivity index (χ1v) is 9.68. The van der Waals surface area contributed by atoms with Crippen LogP contribution in [0.3, 0.4) is 0 Å². The monoisotopic (exact) mass is 378 g/mol. The molecule has 150 valence electrons. The molecule has 1 saturated heterocycles. The highest BCUT2D eigenvalue weighted by Gasteiger charge is 2.30. The van der Waals surface area contributed by atoms with Crippen LogP contribution in [0.5, 0.6) is 5.75 Å². The summed E-state index contributed by atoms with van der Waals surface area (Å²) in [7, 11) is 0. The van der Waals surface area contributed by atoms with E-state index in [0.29, 0.717) is 25.9 Å². The fraction of sp³-hybridized carbons (Fsp3) is 0.600. The van der Waals surface area contributed by atoms with Crippen molar-refractivity contribution in [1.82, 2.24) is 10.2 Å². The molecule has 3 N–H and O–H groups in total. The van der Waals surface area contributed by atoms with Crippen molar-refractivity contribution in [3.63, 3.8) is 0 Å². The standard InChI is InChI=1S/C20H30N2O5/c23-17(15-27-18-9-5-3-6-10-18)12-13-22-16(14-21-20(22)26)8-4-1-2-7-11-19(24)25/h3,5-6,9-10,16-17,23H,1-2,4,7-8,11-15H2,(H,21,26)(H,24,25). The minimum absolute atomic E-state index is 0.0814. The van der Waals surface area contributed by atoms with Gasteiger partial charge in [-0.3, -0.25) is 4.79 Å². The fourth-order valence-electron chi connectivity index (χ4n) is 3.22. The van der Waals surface area contributed by atoms with Crippen LogP contribution in [-0.2, 0) is 4.79 Å². The number of nitrogens with one attached hydrogen (secondary N) is 1. The first kappa shape index (κ1) is 21.0. The molecular formula is C20H30N2O5. The number of unbranched alkanes of at least 4 members (excludes halogenated alkanes) is 3. The maximum absolute atomic E-state index is 12.0. The minimum Gasteiger partial charge on any atom is -0.491 e. The van der Waals surface area contributed by atoms with Crippen molar-refractivity contribution >= 4 is 12.0 Å². The van der Waals surface area contributed by atoms with Crippen molar-refractivity contribution in [2.24, 2.45) is 0 Å². The average molecular weight is 378 g/mol. The molecule has 0 aromatic heterocycles. The first-order valence-electron chi connectivity index (χ1n) is 9.68. The van der Waals surface area contributed by atoms with Gasteiger partial charge in [-0.25, -0.2) is 4.79 Å². The summed E-state index contributed by atoms with van der Waals surface area (Å²) in [5.41, 5.74) is 0. The lowest BCUT2D eigenvalue weighted by atomic mass is 10.1. The van der Waals surface area contributed by atoms with Crippen LogP contribution in [0.15, 0.2) is 30.3 Å². The zero-order valence-corrected chi connectivity index (χ0v) is 15.7. The lowest BCUT2D eigenvalue weighted by Crippen LogP contribution is -2.37. The van der Waals surface area contributed by atoms with Gasteiger partial charge in [0.05, 0.1) is 12.1 Å². The second-order valence-electron chi connectivity index (χ2n) is 6.95. The van der Waals surface area contributed by atoms with Crippen LogP contribution >= 0.6 is 0 Å². The Kier molecular flexibility index (Phi) is 8.91. The van der Waals surface area contributed by atoms with E-state index in [4.69, 9.17) is 9.84 Å². The van der Waals surface area contributed by atoms with Crippen LogP contribution in [0.25, 0.3) is 0 Å². The molecule has 0 aliphatic carbocycles. The normalized spacial score (nSPS) is 17.6. The number of amides is 2. The van der Waals surface area contributed by atoms with Gasteiger partial charge in [0.15, 0.2) is 0 Å². The van der Waals surface area contributed by atoms with Gasteiger partial charge in [0.2, 0.25) is 0 Å². The fourth-order valence-corrected chi connectivity index (χ4v) is 3.22. The van der Waals surface area contributed by atoms with Crippen molar-refractivity contribution in [3.05, 3.63) is 30.3 Å². The highest BCUT2D eigenvalue weighted by Crippen LogP contribution is 2.17. The number of aliphatic hydroxyl groups is 1. The molecule has 1 heterocycles. The van der Waals surface area contributed by atoms with Gasteiger partial charge in [0.1, 0.15) is 12.4 Å². The van der Waals surface area contributed by atoms with E-state index in [0.717, 1.165) is 31.4 Å². The summed E-state index contributed by atoms with van der Waals surface area (Å²) in [4.78, 5) is 24.3. The summed E-state index contributed by atoms with van der Waals surface area (Å²) in [6.45, 7) is 1.33. The third-order valence-corrected chi connectivity index (χ3v) is 4.76. The Morgan fingerprint density at radius 2 is 1.96 bits per heavy atom. The molecule has 2 amide bonds. The molecule has 7 nitrogen and oxygen atoms in total. The number of ether oxygens (including phenoxy) is 1. The molecule has 1 aromatic carbocycles. The number of nitrogens with zero attached hydrogens (tertiary/aromatic N) is 1. The van der Waals surface area contributed by atoms with Gasteiger partial charge in [0.25, 0.3) is 0 Å². The van der Waals surface area contributed by atoms with E-state index in [1.165, 1.54) is 0 Å². The summed E-state index contributed by atoms with van der Waals surface area (Å²) < 4.78 is 5.55. The lowest BCUT2D eigenvalue weighted by Gasteiger charge is -2.24. The Labute approximate surface area is 160 Å². The van der Waals surface area contributed by atoms with Crippen LogP contribution < -0.4 is 10.1 Å². The smallest absolute Gasteiger partial charge is 0.317 e. The number of aliphatic carboxylic acids is 1. The SMILES string of the molecule is O=C(O)CCCCCCC1CNC(=O)N1CCC(O)COc1ccccc1. The molecule has 2 atom stereocenters. The molecule has 0 radical (unpaired) electrons. The van der Waals surface area contributed by atoms with E-state index in [2.05, 4.69) is 5.32 Å².